The maximum Gasteiger partial charge on any atom is 0.304 e. The van der Waals surface area contributed by atoms with Crippen molar-refractivity contribution in [1.82, 2.24) is 21.3 Å². The molecule has 8 heterocycles. The van der Waals surface area contributed by atoms with Crippen LogP contribution >= 0.6 is 90.7 Å². The van der Waals surface area contributed by atoms with E-state index in [0.29, 0.717) is 150 Å². The molecule has 0 radical (unpaired) electrons. The van der Waals surface area contributed by atoms with Crippen molar-refractivity contribution in [3.63, 3.8) is 0 Å². The highest BCUT2D eigenvalue weighted by Gasteiger charge is 2.32. The van der Waals surface area contributed by atoms with E-state index in [1.165, 1.54) is 123 Å². The van der Waals surface area contributed by atoms with Crippen molar-refractivity contribution in [2.45, 2.75) is 456 Å². The number of nitrogens with two attached hydrogens (primary N) is 1. The first-order chi connectivity index (χ1) is 67.4. The molecule has 0 spiro atoms. The molecule has 2 aliphatic carbocycles. The minimum atomic E-state index is -0.710. The lowest BCUT2D eigenvalue weighted by atomic mass is 9.73. The summed E-state index contributed by atoms with van der Waals surface area (Å²) in [5.41, 5.74) is 5.30. The van der Waals surface area contributed by atoms with E-state index in [1.807, 2.05) is 74.9 Å². The normalized spacial score (nSPS) is 15.0. The number of Topliss-reactive ketones (excluding diaryl/α,β-unsaturated/α-hetero) is 1. The van der Waals surface area contributed by atoms with Gasteiger partial charge in [-0.05, 0) is 280 Å². The van der Waals surface area contributed by atoms with Crippen LogP contribution in [0.15, 0.2) is 97.1 Å². The lowest BCUT2D eigenvalue weighted by Gasteiger charge is -2.32. The molecule has 824 valence electrons. The average molecular weight is 2150 g/mol. The Hall–Kier alpha value is -5.91. The van der Waals surface area contributed by atoms with Crippen LogP contribution in [-0.2, 0) is 40.0 Å². The Balaban J connectivity index is 0.000000818. The van der Waals surface area contributed by atoms with Crippen molar-refractivity contribution in [1.29, 1.82) is 0 Å². The number of rotatable bonds is 45. The smallest absolute Gasteiger partial charge is 0.304 e. The first-order valence-electron chi connectivity index (χ1n) is 55.1. The molecule has 10 rings (SSSR count). The van der Waals surface area contributed by atoms with E-state index >= 15 is 0 Å². The van der Waals surface area contributed by atoms with Crippen LogP contribution < -0.4 is 27.0 Å². The fraction of sp³-hybridized carbons (Fsp3) is 0.685. The number of carboxylic acid groups (broad SMARTS) is 1. The summed E-state index contributed by atoms with van der Waals surface area (Å²) in [6, 6.07) is 35.2. The second-order valence-electron chi connectivity index (χ2n) is 46.3. The maximum absolute atomic E-state index is 12.1. The van der Waals surface area contributed by atoms with Gasteiger partial charge < -0.3 is 32.1 Å². The molecule has 2 fully saturated rings. The number of thiophene rings is 8. The highest BCUT2D eigenvalue weighted by Crippen LogP contribution is 2.45. The molecule has 2 saturated carbocycles. The summed E-state index contributed by atoms with van der Waals surface area (Å²) < 4.78 is 0. The lowest BCUT2D eigenvalue weighted by molar-refractivity contribution is -0.137. The van der Waals surface area contributed by atoms with Crippen LogP contribution in [0.2, 0.25) is 0 Å². The second-order valence-corrected chi connectivity index (χ2v) is 55.6. The molecule has 145 heavy (non-hydrogen) atoms. The lowest BCUT2D eigenvalue weighted by Crippen LogP contribution is -2.26. The molecule has 13 nitrogen and oxygen atoms in total. The number of carbonyl (C=O) groups excluding carboxylic acids is 6. The van der Waals surface area contributed by atoms with Crippen LogP contribution in [0.3, 0.4) is 0 Å². The van der Waals surface area contributed by atoms with E-state index in [0.717, 1.165) is 67.7 Å². The van der Waals surface area contributed by atoms with Crippen molar-refractivity contribution < 1.29 is 38.7 Å². The Morgan fingerprint density at radius 2 is 0.600 bits per heavy atom. The molecule has 7 N–H and O–H groups in total. The van der Waals surface area contributed by atoms with E-state index < -0.39 is 5.97 Å². The van der Waals surface area contributed by atoms with E-state index in [-0.39, 0.29) is 55.4 Å². The number of aliphatic carboxylic acids is 1. The Morgan fingerprint density at radius 3 is 0.834 bits per heavy atom. The van der Waals surface area contributed by atoms with E-state index in [4.69, 9.17) is 10.8 Å². The van der Waals surface area contributed by atoms with Crippen LogP contribution in [-0.4, -0.2) is 67.0 Å². The summed E-state index contributed by atoms with van der Waals surface area (Å²) in [5, 5.41) is 20.4. The molecule has 21 heteroatoms. The van der Waals surface area contributed by atoms with Crippen LogP contribution in [0, 0.1) is 76.9 Å². The number of primary amides is 1. The first kappa shape index (κ1) is 137. The third-order valence-corrected chi connectivity index (χ3v) is 39.2. The summed E-state index contributed by atoms with van der Waals surface area (Å²) in [6.07, 6.45) is 15.6. The molecule has 8 aromatic rings. The summed E-state index contributed by atoms with van der Waals surface area (Å²) >= 11 is 14.8. The van der Waals surface area contributed by atoms with E-state index in [2.05, 4.69) is 375 Å². The van der Waals surface area contributed by atoms with Crippen molar-refractivity contribution >= 4 is 132 Å². The van der Waals surface area contributed by atoms with Crippen LogP contribution in [0.5, 0.6) is 0 Å². The van der Waals surface area contributed by atoms with Crippen molar-refractivity contribution in [2.24, 2.45) is 82.7 Å². The Morgan fingerprint density at radius 1 is 0.338 bits per heavy atom. The molecule has 8 aromatic heterocycles. The summed E-state index contributed by atoms with van der Waals surface area (Å²) in [6.45, 7) is 85.2. The molecular formula is C124H207N5O8S8. The molecule has 2 aliphatic rings. The highest BCUT2D eigenvalue weighted by atomic mass is 32.1. The predicted molar refractivity (Wildman–Crippen MR) is 643 cm³/mol. The average Bonchev–Trinajstić information content (AvgIpc) is 1.78. The monoisotopic (exact) mass is 2150 g/mol. The van der Waals surface area contributed by atoms with Gasteiger partial charge in [-0.3, -0.25) is 33.6 Å². The van der Waals surface area contributed by atoms with Crippen molar-refractivity contribution in [2.75, 3.05) is 20.1 Å². The molecule has 0 aliphatic heterocycles. The van der Waals surface area contributed by atoms with Crippen LogP contribution in [0.25, 0.3) is 0 Å². The van der Waals surface area contributed by atoms with Gasteiger partial charge in [-0.2, -0.15) is 0 Å². The number of hydrogen-bond acceptors (Lipinski definition) is 15. The van der Waals surface area contributed by atoms with Gasteiger partial charge in [0.1, 0.15) is 5.78 Å². The molecule has 0 bridgehead atoms. The van der Waals surface area contributed by atoms with Gasteiger partial charge in [0.05, 0.1) is 12.5 Å². The number of carbonyl (C=O) groups is 7. The Kier molecular flexibility index (Phi) is 67.9. The molecule has 7 unspecified atom stereocenters. The molecule has 0 saturated heterocycles. The van der Waals surface area contributed by atoms with Gasteiger partial charge >= 0.3 is 5.97 Å². The number of amides is 5. The van der Waals surface area contributed by atoms with Crippen molar-refractivity contribution in [3.8, 4) is 0 Å². The van der Waals surface area contributed by atoms with E-state index in [1.54, 1.807) is 29.7 Å². The fourth-order valence-corrected chi connectivity index (χ4v) is 27.4. The number of nitrogens with one attached hydrogen (secondary N) is 4. The maximum atomic E-state index is 12.1. The third-order valence-electron chi connectivity index (χ3n) is 27.2. The molecule has 5 amide bonds. The van der Waals surface area contributed by atoms with Gasteiger partial charge in [0, 0.05) is 172 Å². The predicted octanol–water partition coefficient (Wildman–Crippen LogP) is 37.5. The van der Waals surface area contributed by atoms with E-state index in [9.17, 15) is 33.6 Å². The fourth-order valence-electron chi connectivity index (χ4n) is 17.2. The van der Waals surface area contributed by atoms with Gasteiger partial charge in [-0.1, -0.05) is 264 Å². The molecular weight excluding hydrogens is 1940 g/mol. The zero-order valence-corrected chi connectivity index (χ0v) is 104. The van der Waals surface area contributed by atoms with Gasteiger partial charge in [-0.15, -0.1) is 90.7 Å². The van der Waals surface area contributed by atoms with Crippen molar-refractivity contribution in [3.05, 3.63) is 175 Å². The summed E-state index contributed by atoms with van der Waals surface area (Å²) in [5.74, 6) is 15.2. The molecule has 7 atom stereocenters. The Labute approximate surface area is 918 Å². The minimum absolute atomic E-state index is 0. The van der Waals surface area contributed by atoms with Gasteiger partial charge in [0.2, 0.25) is 30.0 Å². The Bertz CT molecular complexity index is 4730. The zero-order chi connectivity index (χ0) is 109. The topological polar surface area (TPSA) is 214 Å². The first-order valence-corrected chi connectivity index (χ1v) is 61.7. The number of carboxylic acids is 1. The van der Waals surface area contributed by atoms with Gasteiger partial charge in [-0.25, -0.2) is 0 Å². The second kappa shape index (κ2) is 71.8. The summed E-state index contributed by atoms with van der Waals surface area (Å²) in [4.78, 5) is 102. The SMILES string of the molecule is C.CC(C)C1CCC(C(C)C)CC1.CC(C)Cc1ccc(C(C)C)s1.CC(C)c1ccc(C(CC(=O)CC2CC2)C(C)C)s1.CC(C)c1ccc(C(CC(=O)O)C(C)C)s1.CC(C)c1ccc(C(CC(N)=O)C(C)C)s1.CC(C)c1ccc(C(NC=O)C(C)C)s1.CCCNC(=O)CC(c1ccc(C(C)C)s1)C(C)C.CCNC(=O)CC(c1ccc(C(C)C)s1)C(C)C.CNC(=O)CC(c1ccc(C(C)C)s1)C(C)C. The quantitative estimate of drug-likeness (QED) is 0.0202. The van der Waals surface area contributed by atoms with Gasteiger partial charge in [0.25, 0.3) is 0 Å². The number of ketones is 1. The van der Waals surface area contributed by atoms with Crippen LogP contribution in [0.4, 0.5) is 0 Å². The van der Waals surface area contributed by atoms with Crippen LogP contribution in [0.1, 0.15) is 527 Å². The third kappa shape index (κ3) is 53.3. The summed E-state index contributed by atoms with van der Waals surface area (Å²) in [7, 11) is 1.70. The highest BCUT2D eigenvalue weighted by molar-refractivity contribution is 7.14. The standard InChI is InChI=1S/C17H26OS.C16H27NOS.C15H25NOS.C14H23NOS.C13H21NOS.C13H20O2S.C12H19NOS.C12H24.C11H18S.CH4/c1-11(2)15(10-14(18)9-13-5-6-13)17-8-7-16(19-17)12(3)4;1-6-9-17-16(18)10-13(11(2)3)15-8-7-14(19-15)12(4)5;1-6-16-15(17)9-12(10(2)3)14-8-7-13(18-14)11(4)5;1-9(2)11(8-14(16)15-5)13-7-6-12(17-13)10(3)4;2*1-8(2)10(7-13(14)15)12-6-5-11(16-12)9(3)4;1-8(2)10-5-6-11(15-10)12(9(3)4)13-7-14;1-9(2)11-5-7-12(8-6-11)10(3)4;1-8(2)7-10-5-6-11(12-10)9(3)4;/h7-8,11-13,15H,5-6,9-10H2,1-4H3;7-8,11-13H,6,9-10H2,1-5H3,(H,17,18);7-8,10-12H,6,9H2,1-5H3,(H,16,17);6-7,9-11H,8H2,1-5H3,(H,15,16);5-6,8-10H,7H2,1-4H3,(H2,14,15);5-6,8-10H,7H2,1-4H3,(H,14,15);5-9,12H,1-4H3,(H,13,14);9-12H,5-8H2,1-4H3;5-6,8-9H,7H2,1-4H3;1H4. The minimum Gasteiger partial charge on any atom is -0.481 e. The zero-order valence-electron chi connectivity index (χ0n) is 97.1. The largest absolute Gasteiger partial charge is 0.481 e. The molecule has 0 aromatic carbocycles. The number of hydrogen-bond donors (Lipinski definition) is 6. The van der Waals surface area contributed by atoms with Gasteiger partial charge in [0.15, 0.2) is 0 Å².